The molecular weight excluding hydrogens is 496 g/mol. The predicted octanol–water partition coefficient (Wildman–Crippen LogP) is 7.60. The van der Waals surface area contributed by atoms with Gasteiger partial charge in [-0.05, 0) is 75.5 Å². The van der Waals surface area contributed by atoms with Crippen molar-refractivity contribution < 1.29 is 14.7 Å². The van der Waals surface area contributed by atoms with Crippen LogP contribution in [0.2, 0.25) is 0 Å². The fourth-order valence-electron chi connectivity index (χ4n) is 7.66. The van der Waals surface area contributed by atoms with E-state index in [1.165, 1.54) is 27.7 Å². The third kappa shape index (κ3) is 6.40. The number of nitrogens with zero attached hydrogens (tertiary/aromatic N) is 2. The van der Waals surface area contributed by atoms with Gasteiger partial charge in [0, 0.05) is 48.4 Å². The Hall–Kier alpha value is -2.40. The summed E-state index contributed by atoms with van der Waals surface area (Å²) in [6.07, 6.45) is 18.5. The summed E-state index contributed by atoms with van der Waals surface area (Å²) in [5.41, 5.74) is 5.54. The van der Waals surface area contributed by atoms with Crippen molar-refractivity contribution in [1.29, 1.82) is 0 Å². The Balaban J connectivity index is 1.06. The zero-order valence-corrected chi connectivity index (χ0v) is 24.9. The van der Waals surface area contributed by atoms with Crippen molar-refractivity contribution >= 4 is 22.6 Å². The van der Waals surface area contributed by atoms with Gasteiger partial charge in [0.15, 0.2) is 0 Å². The number of unbranched alkanes of at least 4 members (excludes halogenated alkanes) is 5. The summed E-state index contributed by atoms with van der Waals surface area (Å²) in [5.74, 6) is 1.12. The molecule has 2 aromatic rings. The second-order valence-corrected chi connectivity index (χ2v) is 12.7. The first-order valence-corrected chi connectivity index (χ1v) is 16.3. The van der Waals surface area contributed by atoms with Crippen LogP contribution in [0, 0.1) is 18.8 Å². The number of rotatable bonds is 13. The van der Waals surface area contributed by atoms with Crippen molar-refractivity contribution in [1.82, 2.24) is 9.47 Å². The number of aromatic nitrogens is 1. The average Bonchev–Trinajstić information content (AvgIpc) is 3.47. The van der Waals surface area contributed by atoms with E-state index in [4.69, 9.17) is 0 Å². The molecule has 1 fully saturated rings. The first-order chi connectivity index (χ1) is 19.5. The molecule has 5 rings (SSSR count). The van der Waals surface area contributed by atoms with E-state index in [1.807, 2.05) is 6.08 Å². The van der Waals surface area contributed by atoms with Gasteiger partial charge in [-0.2, -0.15) is 0 Å². The number of aliphatic hydroxyl groups is 1. The summed E-state index contributed by atoms with van der Waals surface area (Å²) in [6.45, 7) is 6.06. The van der Waals surface area contributed by atoms with E-state index >= 15 is 0 Å². The molecule has 1 aliphatic heterocycles. The third-order valence-corrected chi connectivity index (χ3v) is 9.84. The SMILES string of the molecule is CCCCC[C@H](O)/C=C/[C@H]1CCC(=O)[C@@H]1CCCCCCC(=O)N1CCn2c3c(c4cc(C)ccc42)CCC[C@@H]31. The van der Waals surface area contributed by atoms with Crippen molar-refractivity contribution in [2.24, 2.45) is 11.8 Å². The summed E-state index contributed by atoms with van der Waals surface area (Å²) < 4.78 is 2.50. The number of aliphatic hydroxyl groups excluding tert-OH is 1. The molecule has 1 N–H and O–H groups in total. The minimum absolute atomic E-state index is 0.116. The van der Waals surface area contributed by atoms with Gasteiger partial charge in [-0.3, -0.25) is 9.59 Å². The Labute approximate surface area is 241 Å². The first kappa shape index (κ1) is 29.1. The molecule has 0 bridgehead atoms. The summed E-state index contributed by atoms with van der Waals surface area (Å²) in [5, 5.41) is 11.6. The number of Topliss-reactive ketones (excluding diaryl/α,β-unsaturated/α-hetero) is 1. The lowest BCUT2D eigenvalue weighted by molar-refractivity contribution is -0.135. The minimum atomic E-state index is -0.381. The molecule has 1 saturated carbocycles. The zero-order chi connectivity index (χ0) is 28.1. The maximum Gasteiger partial charge on any atom is 0.223 e. The Bertz CT molecular complexity index is 1210. The second-order valence-electron chi connectivity index (χ2n) is 12.7. The molecule has 5 heteroatoms. The van der Waals surface area contributed by atoms with Gasteiger partial charge >= 0.3 is 0 Å². The molecule has 2 aliphatic carbocycles. The molecule has 4 atom stereocenters. The van der Waals surface area contributed by atoms with E-state index in [0.29, 0.717) is 24.5 Å². The maximum atomic E-state index is 13.4. The number of carbonyl (C=O) groups is 2. The highest BCUT2D eigenvalue weighted by Crippen LogP contribution is 2.43. The summed E-state index contributed by atoms with van der Waals surface area (Å²) in [6, 6.07) is 7.05. The van der Waals surface area contributed by atoms with Crippen LogP contribution >= 0.6 is 0 Å². The standard InChI is InChI=1S/C35H50N2O3/c1-3-4-7-11-27(38)19-17-26-18-21-33(39)28(26)12-8-5-6-9-15-34(40)36-22-23-37-31-20-16-25(2)24-30(31)29-13-10-14-32(36)35(29)37/h16-17,19-20,24,26-28,32,38H,3-15,18,21-23H2,1-2H3/b19-17+/t26-,27-,28+,32-/m0/s1. The van der Waals surface area contributed by atoms with Crippen LogP contribution in [0.4, 0.5) is 0 Å². The fraction of sp³-hybridized carbons (Fsp3) is 0.657. The number of carbonyl (C=O) groups excluding carboxylic acids is 2. The van der Waals surface area contributed by atoms with E-state index < -0.39 is 0 Å². The molecule has 0 radical (unpaired) electrons. The highest BCUT2D eigenvalue weighted by Gasteiger charge is 2.37. The topological polar surface area (TPSA) is 62.5 Å². The monoisotopic (exact) mass is 546 g/mol. The van der Waals surface area contributed by atoms with E-state index in [1.54, 1.807) is 0 Å². The Morgan fingerprint density at radius 1 is 1.07 bits per heavy atom. The van der Waals surface area contributed by atoms with Gasteiger partial charge in [0.25, 0.3) is 0 Å². The number of allylic oxidation sites excluding steroid dienone is 1. The van der Waals surface area contributed by atoms with Crippen LogP contribution in [0.25, 0.3) is 10.9 Å². The molecule has 40 heavy (non-hydrogen) atoms. The van der Waals surface area contributed by atoms with Crippen molar-refractivity contribution in [2.75, 3.05) is 6.54 Å². The molecule has 5 nitrogen and oxygen atoms in total. The molecule has 218 valence electrons. The molecule has 2 heterocycles. The molecule has 3 aliphatic rings. The summed E-state index contributed by atoms with van der Waals surface area (Å²) >= 11 is 0. The number of amides is 1. The number of benzene rings is 1. The van der Waals surface area contributed by atoms with E-state index in [-0.39, 0.29) is 24.0 Å². The smallest absolute Gasteiger partial charge is 0.223 e. The van der Waals surface area contributed by atoms with E-state index in [9.17, 15) is 14.7 Å². The number of hydrogen-bond acceptors (Lipinski definition) is 3. The number of aryl methyl sites for hydroxylation is 2. The normalized spacial score (nSPS) is 23.3. The lowest BCUT2D eigenvalue weighted by Crippen LogP contribution is -2.43. The third-order valence-electron chi connectivity index (χ3n) is 9.84. The van der Waals surface area contributed by atoms with Crippen LogP contribution in [-0.4, -0.2) is 38.9 Å². The molecule has 0 unspecified atom stereocenters. The van der Waals surface area contributed by atoms with E-state index in [0.717, 1.165) is 96.6 Å². The number of ketones is 1. The lowest BCUT2D eigenvalue weighted by atomic mass is 9.89. The quantitative estimate of drug-likeness (QED) is 0.208. The summed E-state index contributed by atoms with van der Waals surface area (Å²) in [7, 11) is 0. The van der Waals surface area contributed by atoms with Crippen molar-refractivity contribution in [3.05, 3.63) is 47.2 Å². The van der Waals surface area contributed by atoms with Crippen LogP contribution < -0.4 is 0 Å². The van der Waals surface area contributed by atoms with Crippen LogP contribution in [0.15, 0.2) is 30.4 Å². The average molecular weight is 547 g/mol. The van der Waals surface area contributed by atoms with Crippen LogP contribution in [-0.2, 0) is 22.6 Å². The predicted molar refractivity (Wildman–Crippen MR) is 162 cm³/mol. The Morgan fingerprint density at radius 3 is 2.77 bits per heavy atom. The minimum Gasteiger partial charge on any atom is -0.389 e. The molecule has 0 spiro atoms. The van der Waals surface area contributed by atoms with Crippen molar-refractivity contribution in [3.63, 3.8) is 0 Å². The van der Waals surface area contributed by atoms with Gasteiger partial charge in [0.2, 0.25) is 5.91 Å². The van der Waals surface area contributed by atoms with Gasteiger partial charge in [0.05, 0.1) is 12.1 Å². The van der Waals surface area contributed by atoms with Gasteiger partial charge in [-0.25, -0.2) is 0 Å². The Kier molecular flexibility index (Phi) is 9.83. The first-order valence-electron chi connectivity index (χ1n) is 16.3. The van der Waals surface area contributed by atoms with Crippen LogP contribution in [0.5, 0.6) is 0 Å². The van der Waals surface area contributed by atoms with Crippen LogP contribution in [0.3, 0.4) is 0 Å². The molecule has 0 saturated heterocycles. The van der Waals surface area contributed by atoms with E-state index in [2.05, 4.69) is 47.6 Å². The number of fused-ring (bicyclic) bond motifs is 3. The van der Waals surface area contributed by atoms with Gasteiger partial charge < -0.3 is 14.6 Å². The highest BCUT2D eigenvalue weighted by atomic mass is 16.3. The fourth-order valence-corrected chi connectivity index (χ4v) is 7.66. The highest BCUT2D eigenvalue weighted by molar-refractivity contribution is 5.88. The molecule has 1 amide bonds. The van der Waals surface area contributed by atoms with Gasteiger partial charge in [-0.15, -0.1) is 0 Å². The maximum absolute atomic E-state index is 13.4. The second kappa shape index (κ2) is 13.5. The summed E-state index contributed by atoms with van der Waals surface area (Å²) in [4.78, 5) is 28.1. The zero-order valence-electron chi connectivity index (χ0n) is 24.9. The van der Waals surface area contributed by atoms with Gasteiger partial charge in [0.1, 0.15) is 5.78 Å². The molecular formula is C35H50N2O3. The van der Waals surface area contributed by atoms with Crippen molar-refractivity contribution in [3.8, 4) is 0 Å². The molecule has 1 aromatic heterocycles. The number of hydrogen-bond donors (Lipinski definition) is 1. The largest absolute Gasteiger partial charge is 0.389 e. The van der Waals surface area contributed by atoms with Crippen LogP contribution in [0.1, 0.15) is 120 Å². The van der Waals surface area contributed by atoms with Crippen molar-refractivity contribution in [2.45, 2.75) is 129 Å². The Morgan fingerprint density at radius 2 is 1.93 bits per heavy atom. The van der Waals surface area contributed by atoms with Gasteiger partial charge in [-0.1, -0.05) is 69.2 Å². The lowest BCUT2D eigenvalue weighted by Gasteiger charge is -2.40. The molecule has 1 aromatic carbocycles.